The Hall–Kier alpha value is -1.17. The van der Waals surface area contributed by atoms with Gasteiger partial charge in [0.2, 0.25) is 5.91 Å². The Balaban J connectivity index is 3.08. The lowest BCUT2D eigenvalue weighted by molar-refractivity contribution is -0.143. The second-order valence-electron chi connectivity index (χ2n) is 8.85. The molecule has 0 unspecified atom stereocenters. The fraction of sp³-hybridized carbons (Fsp3) is 0.929. The first-order valence-corrected chi connectivity index (χ1v) is 15.5. The molecule has 43 heavy (non-hydrogen) atoms. The third-order valence-electron chi connectivity index (χ3n) is 5.18. The van der Waals surface area contributed by atoms with Gasteiger partial charge in [0.05, 0.1) is 112 Å². The number of carbonyl (C=O) groups excluding carboxylic acids is 1. The molecule has 14 nitrogen and oxygen atoms in total. The molecule has 0 aliphatic carbocycles. The predicted octanol–water partition coefficient (Wildman–Crippen LogP) is 1.15. The molecule has 0 bridgehead atoms. The summed E-state index contributed by atoms with van der Waals surface area (Å²) in [5.74, 6) is -0.780. The van der Waals surface area contributed by atoms with Crippen molar-refractivity contribution in [2.75, 3.05) is 145 Å². The van der Waals surface area contributed by atoms with Crippen LogP contribution >= 0.6 is 11.6 Å². The molecule has 0 fully saturated rings. The van der Waals surface area contributed by atoms with Crippen LogP contribution in [0.15, 0.2) is 0 Å². The van der Waals surface area contributed by atoms with Gasteiger partial charge in [0.1, 0.15) is 13.2 Å². The minimum atomic E-state index is -1.12. The highest BCUT2D eigenvalue weighted by Gasteiger charge is 2.03. The zero-order valence-corrected chi connectivity index (χ0v) is 26.4. The predicted molar refractivity (Wildman–Crippen MR) is 158 cm³/mol. The Kier molecular flexibility index (Phi) is 36.0. The molecule has 0 spiro atoms. The number of hydrogen-bond donors (Lipinski definition) is 2. The van der Waals surface area contributed by atoms with Crippen LogP contribution in [-0.2, 0) is 57.0 Å². The van der Waals surface area contributed by atoms with Crippen LogP contribution in [0.1, 0.15) is 25.7 Å². The number of carbonyl (C=O) groups is 2. The Bertz CT molecular complexity index is 593. The van der Waals surface area contributed by atoms with Gasteiger partial charge in [-0.25, -0.2) is 4.79 Å². The quantitative estimate of drug-likeness (QED) is 0.0731. The van der Waals surface area contributed by atoms with E-state index >= 15 is 0 Å². The minimum Gasteiger partial charge on any atom is -0.480 e. The number of carboxylic acid groups (broad SMARTS) is 1. The molecule has 0 radical (unpaired) electrons. The second-order valence-corrected chi connectivity index (χ2v) is 9.23. The van der Waals surface area contributed by atoms with Gasteiger partial charge >= 0.3 is 5.97 Å². The van der Waals surface area contributed by atoms with Crippen molar-refractivity contribution in [3.05, 3.63) is 0 Å². The zero-order chi connectivity index (χ0) is 31.3. The first-order chi connectivity index (χ1) is 21.2. The van der Waals surface area contributed by atoms with E-state index in [1.54, 1.807) is 0 Å². The van der Waals surface area contributed by atoms with E-state index in [2.05, 4.69) is 10.1 Å². The molecular formula is C28H54ClNO13. The van der Waals surface area contributed by atoms with Crippen LogP contribution in [0.25, 0.3) is 0 Å². The van der Waals surface area contributed by atoms with Gasteiger partial charge in [0.15, 0.2) is 0 Å². The van der Waals surface area contributed by atoms with Gasteiger partial charge in [-0.05, 0) is 12.8 Å². The summed E-state index contributed by atoms with van der Waals surface area (Å²) < 4.78 is 53.6. The largest absolute Gasteiger partial charge is 0.480 e. The molecular weight excluding hydrogens is 594 g/mol. The number of rotatable bonds is 37. The molecule has 0 aromatic rings. The van der Waals surface area contributed by atoms with Crippen LogP contribution < -0.4 is 5.32 Å². The Labute approximate surface area is 261 Å². The standard InChI is InChI=1S/C28H54ClNO13/c29-5-3-1-2-4-7-34-9-11-36-13-15-38-17-19-40-21-23-42-24-22-41-20-18-39-16-14-37-12-10-35-8-6-30-27(31)25-43-26-28(32)33/h1-26H2,(H,30,31)(H,32,33). The highest BCUT2D eigenvalue weighted by atomic mass is 35.5. The van der Waals surface area contributed by atoms with E-state index in [0.29, 0.717) is 119 Å². The lowest BCUT2D eigenvalue weighted by Crippen LogP contribution is -2.31. The second kappa shape index (κ2) is 37.0. The summed E-state index contributed by atoms with van der Waals surface area (Å²) in [6.07, 6.45) is 4.47. The molecule has 2 N–H and O–H groups in total. The minimum absolute atomic E-state index is 0.298. The summed E-state index contributed by atoms with van der Waals surface area (Å²) in [6, 6.07) is 0. The van der Waals surface area contributed by atoms with Crippen molar-refractivity contribution in [3.8, 4) is 0 Å². The molecule has 256 valence electrons. The van der Waals surface area contributed by atoms with E-state index in [9.17, 15) is 9.59 Å². The Morgan fingerprint density at radius 3 is 1.16 bits per heavy atom. The summed E-state index contributed by atoms with van der Waals surface area (Å²) >= 11 is 5.64. The molecule has 0 aromatic carbocycles. The van der Waals surface area contributed by atoms with Crippen LogP contribution in [0.2, 0.25) is 0 Å². The normalized spacial score (nSPS) is 11.3. The maximum Gasteiger partial charge on any atom is 0.329 e. The Morgan fingerprint density at radius 1 is 0.442 bits per heavy atom. The molecule has 0 atom stereocenters. The van der Waals surface area contributed by atoms with Crippen LogP contribution in [0.4, 0.5) is 0 Å². The molecule has 0 saturated heterocycles. The summed E-state index contributed by atoms with van der Waals surface area (Å²) in [4.78, 5) is 21.6. The molecule has 1 amide bonds. The maximum absolute atomic E-state index is 11.3. The van der Waals surface area contributed by atoms with Gasteiger partial charge in [-0.3, -0.25) is 4.79 Å². The maximum atomic E-state index is 11.3. The van der Waals surface area contributed by atoms with Gasteiger partial charge in [-0.15, -0.1) is 11.6 Å². The highest BCUT2D eigenvalue weighted by molar-refractivity contribution is 6.17. The molecule has 0 aliphatic heterocycles. The SMILES string of the molecule is O=C(O)COCC(=O)NCCOCCOCCOCCOCCOCCOCCOCCOCCOCCCCCCCl. The molecule has 0 aromatic heterocycles. The number of hydrogen-bond acceptors (Lipinski definition) is 12. The third kappa shape index (κ3) is 38.8. The van der Waals surface area contributed by atoms with Gasteiger partial charge in [0, 0.05) is 19.0 Å². The molecule has 0 heterocycles. The summed E-state index contributed by atoms with van der Waals surface area (Å²) in [5, 5.41) is 11.0. The number of unbranched alkanes of at least 4 members (excludes halogenated alkanes) is 3. The van der Waals surface area contributed by atoms with Gasteiger partial charge in [-0.2, -0.15) is 0 Å². The van der Waals surface area contributed by atoms with E-state index in [1.807, 2.05) is 0 Å². The van der Waals surface area contributed by atoms with Crippen LogP contribution in [-0.4, -0.2) is 162 Å². The smallest absolute Gasteiger partial charge is 0.329 e. The van der Waals surface area contributed by atoms with Crippen LogP contribution in [0, 0.1) is 0 Å². The molecule has 0 aliphatic rings. The van der Waals surface area contributed by atoms with Crippen molar-refractivity contribution in [2.45, 2.75) is 25.7 Å². The zero-order valence-electron chi connectivity index (χ0n) is 25.6. The highest BCUT2D eigenvalue weighted by Crippen LogP contribution is 2.01. The van der Waals surface area contributed by atoms with Crippen molar-refractivity contribution in [2.24, 2.45) is 0 Å². The average Bonchev–Trinajstić information content (AvgIpc) is 2.99. The van der Waals surface area contributed by atoms with E-state index < -0.39 is 18.5 Å². The average molecular weight is 648 g/mol. The van der Waals surface area contributed by atoms with E-state index in [-0.39, 0.29) is 6.61 Å². The van der Waals surface area contributed by atoms with Gasteiger partial charge < -0.3 is 57.8 Å². The number of carboxylic acids is 1. The fourth-order valence-electron chi connectivity index (χ4n) is 3.06. The molecule has 0 rings (SSSR count). The fourth-order valence-corrected chi connectivity index (χ4v) is 3.25. The third-order valence-corrected chi connectivity index (χ3v) is 5.44. The molecule has 15 heteroatoms. The topological polar surface area (TPSA) is 159 Å². The number of nitrogens with one attached hydrogen (secondary N) is 1. The van der Waals surface area contributed by atoms with E-state index in [1.165, 1.54) is 0 Å². The first-order valence-electron chi connectivity index (χ1n) is 15.0. The number of aliphatic carboxylic acids is 1. The first kappa shape index (κ1) is 41.8. The number of amides is 1. The van der Waals surface area contributed by atoms with Crippen molar-refractivity contribution in [1.29, 1.82) is 0 Å². The Morgan fingerprint density at radius 2 is 0.791 bits per heavy atom. The van der Waals surface area contributed by atoms with Crippen molar-refractivity contribution in [3.63, 3.8) is 0 Å². The number of ether oxygens (including phenoxy) is 10. The van der Waals surface area contributed by atoms with Crippen LogP contribution in [0.5, 0.6) is 0 Å². The van der Waals surface area contributed by atoms with Crippen LogP contribution in [0.3, 0.4) is 0 Å². The lowest BCUT2D eigenvalue weighted by atomic mass is 10.2. The monoisotopic (exact) mass is 647 g/mol. The van der Waals surface area contributed by atoms with Crippen molar-refractivity contribution in [1.82, 2.24) is 5.32 Å². The van der Waals surface area contributed by atoms with Gasteiger partial charge in [0.25, 0.3) is 0 Å². The summed E-state index contributed by atoms with van der Waals surface area (Å²) in [5.41, 5.74) is 0. The number of alkyl halides is 1. The summed E-state index contributed by atoms with van der Waals surface area (Å²) in [7, 11) is 0. The molecule has 0 saturated carbocycles. The number of halogens is 1. The van der Waals surface area contributed by atoms with E-state index in [4.69, 9.17) is 59.3 Å². The van der Waals surface area contributed by atoms with Gasteiger partial charge in [-0.1, -0.05) is 12.8 Å². The van der Waals surface area contributed by atoms with Crippen molar-refractivity contribution >= 4 is 23.5 Å². The lowest BCUT2D eigenvalue weighted by Gasteiger charge is -2.09. The summed E-state index contributed by atoms with van der Waals surface area (Å²) in [6.45, 7) is 8.46. The van der Waals surface area contributed by atoms with Crippen molar-refractivity contribution < 1.29 is 62.1 Å². The van der Waals surface area contributed by atoms with E-state index in [0.717, 1.165) is 38.2 Å².